The van der Waals surface area contributed by atoms with E-state index < -0.39 is 6.10 Å². The number of aromatic nitrogens is 2. The summed E-state index contributed by atoms with van der Waals surface area (Å²) in [6, 6.07) is 7.35. The smallest absolute Gasteiger partial charge is 0.145 e. The lowest BCUT2D eigenvalue weighted by molar-refractivity contribution is 0.189. The third-order valence-electron chi connectivity index (χ3n) is 2.48. The largest absolute Gasteiger partial charge is 0.487 e. The maximum atomic E-state index is 9.59. The first-order valence-corrected chi connectivity index (χ1v) is 5.36. The summed E-state index contributed by atoms with van der Waals surface area (Å²) in [5.41, 5.74) is 2.12. The van der Waals surface area contributed by atoms with Crippen LogP contribution < -0.4 is 4.74 Å². The van der Waals surface area contributed by atoms with Gasteiger partial charge in [0.25, 0.3) is 0 Å². The average molecular weight is 234 g/mol. The van der Waals surface area contributed by atoms with Crippen LogP contribution in [0, 0.1) is 6.92 Å². The summed E-state index contributed by atoms with van der Waals surface area (Å²) in [7, 11) is 0. The molecule has 1 unspecified atom stereocenters. The molecule has 1 N–H and O–H groups in total. The quantitative estimate of drug-likeness (QED) is 0.876. The third-order valence-corrected chi connectivity index (χ3v) is 2.48. The van der Waals surface area contributed by atoms with Gasteiger partial charge in [0.2, 0.25) is 0 Å². The molecule has 2 aromatic rings. The number of aliphatic hydroxyl groups excluding tert-OH is 1. The Morgan fingerprint density at radius 2 is 2.12 bits per heavy atom. The fraction of sp³-hybridized carbons (Fsp3) is 0.333. The molecule has 1 atom stereocenters. The molecule has 0 fully saturated rings. The van der Waals surface area contributed by atoms with Gasteiger partial charge in [0, 0.05) is 5.56 Å². The highest BCUT2D eigenvalue weighted by molar-refractivity contribution is 5.34. The first-order valence-electron chi connectivity index (χ1n) is 5.36. The van der Waals surface area contributed by atoms with Crippen molar-refractivity contribution >= 4 is 0 Å². The Kier molecular flexibility index (Phi) is 3.39. The summed E-state index contributed by atoms with van der Waals surface area (Å²) in [4.78, 5) is 0. The average Bonchev–Trinajstić information content (AvgIpc) is 2.72. The van der Waals surface area contributed by atoms with Gasteiger partial charge >= 0.3 is 0 Å². The molecule has 0 saturated heterocycles. The zero-order valence-corrected chi connectivity index (χ0v) is 9.75. The van der Waals surface area contributed by atoms with Crippen LogP contribution in [0.2, 0.25) is 0 Å². The van der Waals surface area contributed by atoms with E-state index in [1.165, 1.54) is 0 Å². The topological polar surface area (TPSA) is 68.4 Å². The molecule has 0 aliphatic rings. The fourth-order valence-electron chi connectivity index (χ4n) is 1.48. The summed E-state index contributed by atoms with van der Waals surface area (Å²) in [5.74, 6) is 0.643. The molecule has 0 amide bonds. The molecule has 0 radical (unpaired) electrons. The van der Waals surface area contributed by atoms with Crippen LogP contribution in [0.5, 0.6) is 5.75 Å². The normalized spacial score (nSPS) is 12.4. The fourth-order valence-corrected chi connectivity index (χ4v) is 1.48. The van der Waals surface area contributed by atoms with Gasteiger partial charge in [0.05, 0.1) is 6.10 Å². The molecule has 17 heavy (non-hydrogen) atoms. The second-order valence-corrected chi connectivity index (χ2v) is 3.80. The van der Waals surface area contributed by atoms with Crippen LogP contribution in [0.4, 0.5) is 0 Å². The Hall–Kier alpha value is -1.88. The molecule has 5 heteroatoms. The van der Waals surface area contributed by atoms with Crippen LogP contribution >= 0.6 is 0 Å². The van der Waals surface area contributed by atoms with Crippen LogP contribution in [-0.4, -0.2) is 15.4 Å². The lowest BCUT2D eigenvalue weighted by atomic mass is 10.1. The highest BCUT2D eigenvalue weighted by Crippen LogP contribution is 2.25. The molecular formula is C12H14N2O3. The first kappa shape index (κ1) is 11.6. The Morgan fingerprint density at radius 1 is 1.35 bits per heavy atom. The minimum Gasteiger partial charge on any atom is -0.487 e. The standard InChI is InChI=1S/C12H14N2O3/c1-8-11(14-17-13-8)7-16-12-6-4-3-5-10(12)9(2)15/h3-6,9,15H,7H2,1-2H3. The molecule has 1 aromatic carbocycles. The van der Waals surface area contributed by atoms with Crippen molar-refractivity contribution in [2.45, 2.75) is 26.6 Å². The molecular weight excluding hydrogens is 220 g/mol. The minimum atomic E-state index is -0.567. The maximum absolute atomic E-state index is 9.59. The van der Waals surface area contributed by atoms with Crippen molar-refractivity contribution in [1.29, 1.82) is 0 Å². The predicted octanol–water partition coefficient (Wildman–Crippen LogP) is 2.01. The highest BCUT2D eigenvalue weighted by atomic mass is 16.6. The Bertz CT molecular complexity index is 494. The van der Waals surface area contributed by atoms with Gasteiger partial charge in [-0.15, -0.1) is 0 Å². The zero-order valence-electron chi connectivity index (χ0n) is 9.75. The molecule has 1 aromatic heterocycles. The summed E-state index contributed by atoms with van der Waals surface area (Å²) < 4.78 is 10.2. The van der Waals surface area contributed by atoms with E-state index in [4.69, 9.17) is 4.74 Å². The van der Waals surface area contributed by atoms with E-state index >= 15 is 0 Å². The first-order chi connectivity index (χ1) is 8.18. The minimum absolute atomic E-state index is 0.277. The second kappa shape index (κ2) is 4.97. The van der Waals surface area contributed by atoms with Gasteiger partial charge < -0.3 is 9.84 Å². The van der Waals surface area contributed by atoms with Gasteiger partial charge in [0.15, 0.2) is 0 Å². The molecule has 0 aliphatic heterocycles. The lowest BCUT2D eigenvalue weighted by Crippen LogP contribution is -2.02. The van der Waals surface area contributed by atoms with Crippen LogP contribution in [-0.2, 0) is 6.61 Å². The third kappa shape index (κ3) is 2.62. The van der Waals surface area contributed by atoms with E-state index in [9.17, 15) is 5.11 Å². The zero-order chi connectivity index (χ0) is 12.3. The number of hydrogen-bond acceptors (Lipinski definition) is 5. The van der Waals surface area contributed by atoms with Crippen LogP contribution in [0.1, 0.15) is 30.0 Å². The molecule has 0 aliphatic carbocycles. The molecule has 5 nitrogen and oxygen atoms in total. The SMILES string of the molecule is Cc1nonc1COc1ccccc1C(C)O. The predicted molar refractivity (Wildman–Crippen MR) is 60.4 cm³/mol. The van der Waals surface area contributed by atoms with E-state index in [0.717, 1.165) is 5.56 Å². The van der Waals surface area contributed by atoms with Crippen molar-refractivity contribution in [2.75, 3.05) is 0 Å². The highest BCUT2D eigenvalue weighted by Gasteiger charge is 2.10. The van der Waals surface area contributed by atoms with Gasteiger partial charge in [-0.25, -0.2) is 4.63 Å². The van der Waals surface area contributed by atoms with Gasteiger partial charge in [-0.2, -0.15) is 0 Å². The van der Waals surface area contributed by atoms with E-state index in [1.807, 2.05) is 24.3 Å². The molecule has 1 heterocycles. The summed E-state index contributed by atoms with van der Waals surface area (Å²) in [5, 5.41) is 17.0. The number of aryl methyl sites for hydroxylation is 1. The summed E-state index contributed by atoms with van der Waals surface area (Å²) >= 11 is 0. The summed E-state index contributed by atoms with van der Waals surface area (Å²) in [6.45, 7) is 3.78. The van der Waals surface area contributed by atoms with Gasteiger partial charge in [0.1, 0.15) is 23.7 Å². The number of nitrogens with zero attached hydrogens (tertiary/aromatic N) is 2. The summed E-state index contributed by atoms with van der Waals surface area (Å²) in [6.07, 6.45) is -0.567. The Morgan fingerprint density at radius 3 is 2.76 bits per heavy atom. The lowest BCUT2D eigenvalue weighted by Gasteiger charge is -2.12. The van der Waals surface area contributed by atoms with E-state index in [-0.39, 0.29) is 6.61 Å². The van der Waals surface area contributed by atoms with Crippen molar-refractivity contribution in [1.82, 2.24) is 10.3 Å². The molecule has 0 spiro atoms. The monoisotopic (exact) mass is 234 g/mol. The van der Waals surface area contributed by atoms with Crippen LogP contribution in [0.15, 0.2) is 28.9 Å². The van der Waals surface area contributed by atoms with Crippen LogP contribution in [0.25, 0.3) is 0 Å². The second-order valence-electron chi connectivity index (χ2n) is 3.80. The number of benzene rings is 1. The van der Waals surface area contributed by atoms with Crippen LogP contribution in [0.3, 0.4) is 0 Å². The molecule has 0 bridgehead atoms. The van der Waals surface area contributed by atoms with E-state index in [2.05, 4.69) is 14.9 Å². The van der Waals surface area contributed by atoms with Crippen molar-refractivity contribution in [3.63, 3.8) is 0 Å². The van der Waals surface area contributed by atoms with Crippen molar-refractivity contribution < 1.29 is 14.5 Å². The van der Waals surface area contributed by atoms with E-state index in [1.54, 1.807) is 13.8 Å². The van der Waals surface area contributed by atoms with Gasteiger partial charge in [-0.3, -0.25) is 0 Å². The van der Waals surface area contributed by atoms with Gasteiger partial charge in [-0.1, -0.05) is 28.5 Å². The Balaban J connectivity index is 2.11. The van der Waals surface area contributed by atoms with E-state index in [0.29, 0.717) is 17.1 Å². The van der Waals surface area contributed by atoms with Crippen molar-refractivity contribution in [3.05, 3.63) is 41.2 Å². The molecule has 0 saturated carbocycles. The number of para-hydroxylation sites is 1. The van der Waals surface area contributed by atoms with Crippen molar-refractivity contribution in [2.24, 2.45) is 0 Å². The maximum Gasteiger partial charge on any atom is 0.145 e. The van der Waals surface area contributed by atoms with Gasteiger partial charge in [-0.05, 0) is 19.9 Å². The molecule has 2 rings (SSSR count). The number of ether oxygens (including phenoxy) is 1. The Labute approximate surface area is 99.0 Å². The molecule has 90 valence electrons. The number of hydrogen-bond donors (Lipinski definition) is 1. The number of rotatable bonds is 4. The van der Waals surface area contributed by atoms with Crippen molar-refractivity contribution in [3.8, 4) is 5.75 Å². The number of aliphatic hydroxyl groups is 1.